The Labute approximate surface area is 146 Å². The van der Waals surface area contributed by atoms with E-state index in [1.54, 1.807) is 6.20 Å². The molecule has 0 radical (unpaired) electrons. The largest absolute Gasteiger partial charge is 0.255 e. The zero-order valence-corrected chi connectivity index (χ0v) is 14.1. The highest BCUT2D eigenvalue weighted by molar-refractivity contribution is 5.54. The Hall–Kier alpha value is -3.28. The topological polar surface area (TPSA) is 43.4 Å². The van der Waals surface area contributed by atoms with Gasteiger partial charge in [0, 0.05) is 12.3 Å². The molecule has 0 saturated carbocycles. The highest BCUT2D eigenvalue weighted by Gasteiger charge is 2.11. The third-order valence-electron chi connectivity index (χ3n) is 4.06. The number of rotatable bonds is 5. The van der Waals surface area contributed by atoms with Crippen LogP contribution >= 0.6 is 0 Å². The Morgan fingerprint density at radius 2 is 1.88 bits per heavy atom. The fraction of sp³-hybridized carbons (Fsp3) is 0.158. The number of hydrogen-bond acceptors (Lipinski definition) is 2. The van der Waals surface area contributed by atoms with Gasteiger partial charge in [0.15, 0.2) is 0 Å². The van der Waals surface area contributed by atoms with Crippen LogP contribution < -0.4 is 9.13 Å². The van der Waals surface area contributed by atoms with Crippen molar-refractivity contribution in [2.75, 3.05) is 0 Å². The number of aryl methyl sites for hydroxylation is 3. The summed E-state index contributed by atoms with van der Waals surface area (Å²) in [5.41, 5.74) is 1.75. The molecule has 4 aromatic heterocycles. The van der Waals surface area contributed by atoms with Gasteiger partial charge in [-0.2, -0.15) is 4.57 Å². The Kier molecular flexibility index (Phi) is 4.08. The van der Waals surface area contributed by atoms with E-state index in [4.69, 9.17) is 4.98 Å². The van der Waals surface area contributed by atoms with Crippen molar-refractivity contribution in [1.29, 1.82) is 0 Å². The van der Waals surface area contributed by atoms with E-state index < -0.39 is 0 Å². The van der Waals surface area contributed by atoms with Gasteiger partial charge < -0.3 is 0 Å². The lowest BCUT2D eigenvalue weighted by atomic mass is 10.2. The average molecular weight is 332 g/mol. The number of hydrogen-bond donors (Lipinski definition) is 0. The van der Waals surface area contributed by atoms with Crippen molar-refractivity contribution in [3.8, 4) is 17.2 Å². The van der Waals surface area contributed by atoms with E-state index in [1.807, 2.05) is 65.0 Å². The van der Waals surface area contributed by atoms with Crippen LogP contribution in [0.4, 0.5) is 0 Å². The van der Waals surface area contributed by atoms with Crippen molar-refractivity contribution in [3.05, 3.63) is 80.0 Å². The van der Waals surface area contributed by atoms with Gasteiger partial charge in [0.25, 0.3) is 0 Å². The Morgan fingerprint density at radius 3 is 2.68 bits per heavy atom. The van der Waals surface area contributed by atoms with Gasteiger partial charge in [-0.05, 0) is 18.2 Å². The van der Waals surface area contributed by atoms with Gasteiger partial charge in [-0.15, -0.1) is 0 Å². The molecule has 4 aromatic rings. The molecule has 124 valence electrons. The van der Waals surface area contributed by atoms with Crippen LogP contribution in [0, 0.1) is 0 Å². The van der Waals surface area contributed by atoms with E-state index in [0.29, 0.717) is 0 Å². The van der Waals surface area contributed by atoms with Gasteiger partial charge in [0.05, 0.1) is 18.4 Å². The van der Waals surface area contributed by atoms with E-state index in [0.717, 1.165) is 30.3 Å². The molecule has 0 aliphatic carbocycles. The molecule has 0 amide bonds. The van der Waals surface area contributed by atoms with Crippen molar-refractivity contribution in [1.82, 2.24) is 19.1 Å². The lowest BCUT2D eigenvalue weighted by molar-refractivity contribution is -0.698. The molecule has 0 aliphatic heterocycles. The summed E-state index contributed by atoms with van der Waals surface area (Å²) < 4.78 is 8.41. The standard InChI is InChI=1S/C19H20N6/c1-22-9-10-23(15-22)11-12-24-13-14-25(16-24)19-7-4-6-18(21-19)17-5-2-3-8-20-17/h2-10,13-16H,11-12H2,1H3/q+2. The van der Waals surface area contributed by atoms with Crippen LogP contribution in [-0.4, -0.2) is 19.1 Å². The van der Waals surface area contributed by atoms with E-state index in [2.05, 4.69) is 39.2 Å². The van der Waals surface area contributed by atoms with E-state index in [9.17, 15) is 0 Å². The van der Waals surface area contributed by atoms with Crippen molar-refractivity contribution >= 4 is 0 Å². The van der Waals surface area contributed by atoms with Gasteiger partial charge >= 0.3 is 0 Å². The Bertz CT molecular complexity index is 970. The second-order valence-corrected chi connectivity index (χ2v) is 5.97. The molecule has 0 saturated heterocycles. The molecule has 0 N–H and O–H groups in total. The number of aromatic nitrogens is 6. The predicted octanol–water partition coefficient (Wildman–Crippen LogP) is 1.55. The van der Waals surface area contributed by atoms with Crippen LogP contribution in [0.5, 0.6) is 0 Å². The molecule has 0 bridgehead atoms. The normalized spacial score (nSPS) is 10.9. The lowest BCUT2D eigenvalue weighted by Gasteiger charge is -2.01. The van der Waals surface area contributed by atoms with Crippen molar-refractivity contribution in [2.45, 2.75) is 13.1 Å². The van der Waals surface area contributed by atoms with Gasteiger partial charge in [-0.25, -0.2) is 18.7 Å². The number of imidazole rings is 2. The highest BCUT2D eigenvalue weighted by atomic mass is 15.2. The average Bonchev–Trinajstić information content (AvgIpc) is 3.30. The van der Waals surface area contributed by atoms with Crippen LogP contribution in [-0.2, 0) is 20.1 Å². The fourth-order valence-corrected chi connectivity index (χ4v) is 2.75. The quantitative estimate of drug-likeness (QED) is 0.521. The lowest BCUT2D eigenvalue weighted by Crippen LogP contribution is -2.33. The molecule has 0 spiro atoms. The molecule has 6 heteroatoms. The summed E-state index contributed by atoms with van der Waals surface area (Å²) in [6, 6.07) is 11.8. The van der Waals surface area contributed by atoms with Gasteiger partial charge in [0.1, 0.15) is 37.9 Å². The summed E-state index contributed by atoms with van der Waals surface area (Å²) in [4.78, 5) is 9.10. The molecular formula is C19H20N6+2. The van der Waals surface area contributed by atoms with Crippen LogP contribution in [0.25, 0.3) is 17.2 Å². The molecule has 0 aliphatic rings. The molecular weight excluding hydrogens is 312 g/mol. The molecule has 4 heterocycles. The zero-order valence-electron chi connectivity index (χ0n) is 14.1. The molecule has 6 nitrogen and oxygen atoms in total. The van der Waals surface area contributed by atoms with Crippen molar-refractivity contribution < 1.29 is 9.13 Å². The Morgan fingerprint density at radius 1 is 0.960 bits per heavy atom. The van der Waals surface area contributed by atoms with Crippen molar-refractivity contribution in [2.24, 2.45) is 7.05 Å². The predicted molar refractivity (Wildman–Crippen MR) is 92.6 cm³/mol. The monoisotopic (exact) mass is 332 g/mol. The van der Waals surface area contributed by atoms with Crippen molar-refractivity contribution in [3.63, 3.8) is 0 Å². The first-order chi connectivity index (χ1) is 12.3. The van der Waals surface area contributed by atoms with Crippen LogP contribution in [0.15, 0.2) is 80.0 Å². The highest BCUT2D eigenvalue weighted by Crippen LogP contribution is 2.15. The SMILES string of the molecule is C[n+]1ccn(CC[n+]2ccn(-c3cccc(-c4ccccn4)n3)c2)c1. The van der Waals surface area contributed by atoms with Crippen LogP contribution in [0.2, 0.25) is 0 Å². The molecule has 4 rings (SSSR count). The van der Waals surface area contributed by atoms with E-state index in [1.165, 1.54) is 0 Å². The summed E-state index contributed by atoms with van der Waals surface area (Å²) >= 11 is 0. The third-order valence-corrected chi connectivity index (χ3v) is 4.06. The second-order valence-electron chi connectivity index (χ2n) is 5.97. The molecule has 0 atom stereocenters. The third kappa shape index (κ3) is 3.47. The minimum atomic E-state index is 0.873. The maximum absolute atomic E-state index is 4.73. The summed E-state index contributed by atoms with van der Waals surface area (Å²) in [5, 5.41) is 0. The molecule has 25 heavy (non-hydrogen) atoms. The summed E-state index contributed by atoms with van der Waals surface area (Å²) in [7, 11) is 2.03. The van der Waals surface area contributed by atoms with Crippen LogP contribution in [0.3, 0.4) is 0 Å². The maximum Gasteiger partial charge on any atom is 0.250 e. The first-order valence-corrected chi connectivity index (χ1v) is 8.25. The second kappa shape index (κ2) is 6.68. The molecule has 0 fully saturated rings. The first-order valence-electron chi connectivity index (χ1n) is 8.25. The van der Waals surface area contributed by atoms with Gasteiger partial charge in [-0.1, -0.05) is 12.1 Å². The number of nitrogens with zero attached hydrogens (tertiary/aromatic N) is 6. The minimum Gasteiger partial charge on any atom is -0.255 e. The molecule has 0 aromatic carbocycles. The van der Waals surface area contributed by atoms with E-state index in [-0.39, 0.29) is 0 Å². The first kappa shape index (κ1) is 15.3. The Balaban J connectivity index is 1.52. The zero-order chi connectivity index (χ0) is 17.1. The smallest absolute Gasteiger partial charge is 0.250 e. The van der Waals surface area contributed by atoms with E-state index >= 15 is 0 Å². The summed E-state index contributed by atoms with van der Waals surface area (Å²) in [5.74, 6) is 0.884. The number of pyridine rings is 2. The minimum absolute atomic E-state index is 0.873. The maximum atomic E-state index is 4.73. The summed E-state index contributed by atoms with van der Waals surface area (Å²) in [6.07, 6.45) is 14.1. The van der Waals surface area contributed by atoms with Gasteiger partial charge in [-0.3, -0.25) is 4.98 Å². The van der Waals surface area contributed by atoms with Crippen LogP contribution in [0.1, 0.15) is 0 Å². The summed E-state index contributed by atoms with van der Waals surface area (Å²) in [6.45, 7) is 1.83. The fourth-order valence-electron chi connectivity index (χ4n) is 2.75. The molecule has 0 unspecified atom stereocenters. The van der Waals surface area contributed by atoms with Gasteiger partial charge in [0.2, 0.25) is 18.5 Å².